The van der Waals surface area contributed by atoms with Gasteiger partial charge in [0.05, 0.1) is 16.7 Å². The van der Waals surface area contributed by atoms with Crippen LogP contribution in [0.15, 0.2) is 63.4 Å². The van der Waals surface area contributed by atoms with Gasteiger partial charge in [0.15, 0.2) is 5.16 Å². The van der Waals surface area contributed by atoms with Crippen LogP contribution in [0.1, 0.15) is 19.8 Å². The monoisotopic (exact) mass is 413 g/mol. The number of para-hydroxylation sites is 1. The van der Waals surface area contributed by atoms with Crippen LogP contribution in [0.2, 0.25) is 0 Å². The summed E-state index contributed by atoms with van der Waals surface area (Å²) < 4.78 is 1.69. The first-order chi connectivity index (χ1) is 13.6. The number of benzene rings is 2. The van der Waals surface area contributed by atoms with Gasteiger partial charge in [-0.15, -0.1) is 11.8 Å². The minimum atomic E-state index is -0.118. The highest BCUT2D eigenvalue weighted by Crippen LogP contribution is 2.21. The molecule has 1 heterocycles. The first kappa shape index (κ1) is 20.5. The van der Waals surface area contributed by atoms with Crippen molar-refractivity contribution in [3.63, 3.8) is 0 Å². The third-order valence-corrected chi connectivity index (χ3v) is 5.95. The number of rotatable bonds is 8. The van der Waals surface area contributed by atoms with Crippen molar-refractivity contribution >= 4 is 46.0 Å². The predicted octanol–water partition coefficient (Wildman–Crippen LogP) is 4.65. The van der Waals surface area contributed by atoms with E-state index in [0.717, 1.165) is 23.4 Å². The molecule has 0 saturated carbocycles. The van der Waals surface area contributed by atoms with E-state index in [0.29, 0.717) is 22.6 Å². The van der Waals surface area contributed by atoms with Gasteiger partial charge in [0.25, 0.3) is 5.56 Å². The molecule has 2 aromatic carbocycles. The van der Waals surface area contributed by atoms with Gasteiger partial charge in [0.2, 0.25) is 5.91 Å². The standard InChI is InChI=1S/C21H23N3O2S2/c1-3-4-12-24-20(26)17-10-5-6-11-18(17)23-21(24)28-14-19(25)22-15-8-7-9-16(13-15)27-2/h5-11,13H,3-4,12,14H2,1-2H3,(H,22,25). The van der Waals surface area contributed by atoms with Crippen LogP contribution in [0.25, 0.3) is 10.9 Å². The number of thioether (sulfide) groups is 2. The summed E-state index contributed by atoms with van der Waals surface area (Å²) in [5, 5.41) is 4.11. The number of anilines is 1. The van der Waals surface area contributed by atoms with Crippen LogP contribution in [0.3, 0.4) is 0 Å². The lowest BCUT2D eigenvalue weighted by atomic mass is 10.2. The minimum Gasteiger partial charge on any atom is -0.325 e. The second-order valence-corrected chi connectivity index (χ2v) is 8.11. The Balaban J connectivity index is 1.78. The second-order valence-electron chi connectivity index (χ2n) is 6.29. The van der Waals surface area contributed by atoms with Crippen molar-refractivity contribution in [2.75, 3.05) is 17.3 Å². The molecule has 1 N–H and O–H groups in total. The molecule has 146 valence electrons. The molecule has 0 aliphatic heterocycles. The molecule has 0 bridgehead atoms. The topological polar surface area (TPSA) is 64.0 Å². The number of nitrogens with one attached hydrogen (secondary N) is 1. The van der Waals surface area contributed by atoms with Crippen molar-refractivity contribution in [3.8, 4) is 0 Å². The van der Waals surface area contributed by atoms with Gasteiger partial charge in [-0.1, -0.05) is 43.3 Å². The number of aromatic nitrogens is 2. The van der Waals surface area contributed by atoms with Gasteiger partial charge >= 0.3 is 0 Å². The predicted molar refractivity (Wildman–Crippen MR) is 118 cm³/mol. The van der Waals surface area contributed by atoms with E-state index >= 15 is 0 Å². The maximum Gasteiger partial charge on any atom is 0.262 e. The highest BCUT2D eigenvalue weighted by atomic mass is 32.2. The van der Waals surface area contributed by atoms with Crippen LogP contribution in [-0.2, 0) is 11.3 Å². The molecule has 0 radical (unpaired) electrons. The molecule has 5 nitrogen and oxygen atoms in total. The van der Waals surface area contributed by atoms with Gasteiger partial charge < -0.3 is 5.32 Å². The summed E-state index contributed by atoms with van der Waals surface area (Å²) in [4.78, 5) is 31.0. The molecule has 0 saturated heterocycles. The van der Waals surface area contributed by atoms with E-state index in [1.807, 2.05) is 48.7 Å². The quantitative estimate of drug-likeness (QED) is 0.430. The number of unbranched alkanes of at least 4 members (excludes halogenated alkanes) is 1. The van der Waals surface area contributed by atoms with Crippen LogP contribution in [0, 0.1) is 0 Å². The van der Waals surface area contributed by atoms with E-state index < -0.39 is 0 Å². The Labute approximate surface area is 172 Å². The first-order valence-electron chi connectivity index (χ1n) is 9.18. The van der Waals surface area contributed by atoms with Gasteiger partial charge in [0.1, 0.15) is 0 Å². The molecular formula is C21H23N3O2S2. The summed E-state index contributed by atoms with van der Waals surface area (Å²) in [6.45, 7) is 2.69. The highest BCUT2D eigenvalue weighted by molar-refractivity contribution is 7.99. The summed E-state index contributed by atoms with van der Waals surface area (Å²) >= 11 is 2.93. The van der Waals surface area contributed by atoms with E-state index in [9.17, 15) is 9.59 Å². The van der Waals surface area contributed by atoms with Crippen LogP contribution in [-0.4, -0.2) is 27.5 Å². The van der Waals surface area contributed by atoms with E-state index in [4.69, 9.17) is 0 Å². The zero-order valence-electron chi connectivity index (χ0n) is 16.0. The molecule has 3 aromatic rings. The Kier molecular flexibility index (Phi) is 7.17. The van der Waals surface area contributed by atoms with Crippen molar-refractivity contribution in [2.24, 2.45) is 0 Å². The zero-order valence-corrected chi connectivity index (χ0v) is 17.6. The maximum absolute atomic E-state index is 12.9. The average Bonchev–Trinajstić information content (AvgIpc) is 2.72. The van der Waals surface area contributed by atoms with Gasteiger partial charge in [-0.2, -0.15) is 0 Å². The third kappa shape index (κ3) is 4.97. The molecule has 0 fully saturated rings. The van der Waals surface area contributed by atoms with Gasteiger partial charge in [-0.25, -0.2) is 4.98 Å². The molecule has 0 unspecified atom stereocenters. The molecule has 28 heavy (non-hydrogen) atoms. The molecular weight excluding hydrogens is 390 g/mol. The molecule has 0 aliphatic carbocycles. The number of amides is 1. The number of carbonyl (C=O) groups is 1. The Morgan fingerprint density at radius 2 is 2.00 bits per heavy atom. The number of hydrogen-bond donors (Lipinski definition) is 1. The van der Waals surface area contributed by atoms with Crippen molar-refractivity contribution in [1.29, 1.82) is 0 Å². The van der Waals surface area contributed by atoms with Crippen molar-refractivity contribution in [1.82, 2.24) is 9.55 Å². The molecule has 7 heteroatoms. The average molecular weight is 414 g/mol. The van der Waals surface area contributed by atoms with E-state index in [1.165, 1.54) is 11.8 Å². The lowest BCUT2D eigenvalue weighted by Crippen LogP contribution is -2.24. The Morgan fingerprint density at radius 1 is 1.18 bits per heavy atom. The lowest BCUT2D eigenvalue weighted by molar-refractivity contribution is -0.113. The van der Waals surface area contributed by atoms with Crippen LogP contribution in [0.4, 0.5) is 5.69 Å². The smallest absolute Gasteiger partial charge is 0.262 e. The summed E-state index contributed by atoms with van der Waals surface area (Å²) in [5.74, 6) is 0.0770. The molecule has 0 aliphatic rings. The fourth-order valence-electron chi connectivity index (χ4n) is 2.80. The van der Waals surface area contributed by atoms with Gasteiger partial charge in [0, 0.05) is 17.1 Å². The Morgan fingerprint density at radius 3 is 2.79 bits per heavy atom. The highest BCUT2D eigenvalue weighted by Gasteiger charge is 2.13. The fraction of sp³-hybridized carbons (Fsp3) is 0.286. The number of fused-ring (bicyclic) bond motifs is 1. The molecule has 1 amide bonds. The fourth-order valence-corrected chi connectivity index (χ4v) is 4.08. The summed E-state index contributed by atoms with van der Waals surface area (Å²) in [6.07, 6.45) is 3.87. The Bertz CT molecular complexity index is 1030. The zero-order chi connectivity index (χ0) is 19.9. The van der Waals surface area contributed by atoms with E-state index in [-0.39, 0.29) is 17.2 Å². The van der Waals surface area contributed by atoms with Crippen LogP contribution >= 0.6 is 23.5 Å². The van der Waals surface area contributed by atoms with Crippen molar-refractivity contribution in [2.45, 2.75) is 36.4 Å². The molecule has 1 aromatic heterocycles. The number of hydrogen-bond acceptors (Lipinski definition) is 5. The Hall–Kier alpha value is -2.25. The van der Waals surface area contributed by atoms with Crippen molar-refractivity contribution < 1.29 is 4.79 Å². The van der Waals surface area contributed by atoms with Gasteiger partial charge in [-0.05, 0) is 43.0 Å². The summed E-state index contributed by atoms with van der Waals surface area (Å²) in [5.41, 5.74) is 1.39. The molecule has 0 spiro atoms. The number of nitrogens with zero attached hydrogens (tertiary/aromatic N) is 2. The summed E-state index contributed by atoms with van der Waals surface area (Å²) in [6, 6.07) is 15.1. The normalized spacial score (nSPS) is 10.9. The first-order valence-corrected chi connectivity index (χ1v) is 11.4. The van der Waals surface area contributed by atoms with Crippen LogP contribution in [0.5, 0.6) is 0 Å². The van der Waals surface area contributed by atoms with Gasteiger partial charge in [-0.3, -0.25) is 14.2 Å². The van der Waals surface area contributed by atoms with Crippen molar-refractivity contribution in [3.05, 3.63) is 58.9 Å². The maximum atomic E-state index is 12.9. The third-order valence-electron chi connectivity index (χ3n) is 4.25. The summed E-state index contributed by atoms with van der Waals surface area (Å²) in [7, 11) is 0. The largest absolute Gasteiger partial charge is 0.325 e. The SMILES string of the molecule is CCCCn1c(SCC(=O)Nc2cccc(SC)c2)nc2ccccc2c1=O. The second kappa shape index (κ2) is 9.80. The molecule has 3 rings (SSSR count). The molecule has 0 atom stereocenters. The van der Waals surface area contributed by atoms with Crippen LogP contribution < -0.4 is 10.9 Å². The minimum absolute atomic E-state index is 0.0466. The lowest BCUT2D eigenvalue weighted by Gasteiger charge is -2.13. The number of carbonyl (C=O) groups excluding carboxylic acids is 1. The van der Waals surface area contributed by atoms with E-state index in [2.05, 4.69) is 17.2 Å². The van der Waals surface area contributed by atoms with E-state index in [1.54, 1.807) is 22.4 Å².